The van der Waals surface area contributed by atoms with Gasteiger partial charge in [0, 0.05) is 13.6 Å². The number of nitrogens with one attached hydrogen (secondary N) is 1. The molecule has 0 aliphatic heterocycles. The molecule has 0 amide bonds. The second-order valence-corrected chi connectivity index (χ2v) is 3.54. The number of rotatable bonds is 5. The minimum atomic E-state index is -0.496. The van der Waals surface area contributed by atoms with E-state index in [4.69, 9.17) is 5.11 Å². The Labute approximate surface area is 94.3 Å². The van der Waals surface area contributed by atoms with Crippen LogP contribution in [0.1, 0.15) is 13.8 Å². The summed E-state index contributed by atoms with van der Waals surface area (Å²) in [6, 6.07) is -0.195. The largest absolute Gasteiger partial charge is 0.394 e. The Morgan fingerprint density at radius 3 is 2.88 bits per heavy atom. The minimum absolute atomic E-state index is 0.0590. The van der Waals surface area contributed by atoms with Crippen molar-refractivity contribution in [1.29, 1.82) is 0 Å². The fourth-order valence-electron chi connectivity index (χ4n) is 1.18. The van der Waals surface area contributed by atoms with E-state index in [9.17, 15) is 4.39 Å². The van der Waals surface area contributed by atoms with E-state index in [2.05, 4.69) is 15.3 Å². The van der Waals surface area contributed by atoms with Crippen LogP contribution in [-0.4, -0.2) is 41.3 Å². The molecule has 1 aromatic heterocycles. The first-order valence-corrected chi connectivity index (χ1v) is 5.20. The van der Waals surface area contributed by atoms with Gasteiger partial charge in [-0.2, -0.15) is 4.98 Å². The van der Waals surface area contributed by atoms with Gasteiger partial charge in [-0.3, -0.25) is 0 Å². The van der Waals surface area contributed by atoms with E-state index in [0.29, 0.717) is 12.5 Å². The molecule has 1 aromatic rings. The highest BCUT2D eigenvalue weighted by atomic mass is 19.1. The van der Waals surface area contributed by atoms with E-state index >= 15 is 0 Å². The van der Waals surface area contributed by atoms with Gasteiger partial charge in [-0.05, 0) is 13.8 Å². The van der Waals surface area contributed by atoms with E-state index in [1.807, 2.05) is 6.92 Å². The number of hydrogen-bond acceptors (Lipinski definition) is 5. The summed E-state index contributed by atoms with van der Waals surface area (Å²) in [5, 5.41) is 11.9. The Balaban J connectivity index is 2.96. The van der Waals surface area contributed by atoms with Crippen molar-refractivity contribution in [2.45, 2.75) is 19.9 Å². The number of aliphatic hydroxyl groups is 1. The number of anilines is 2. The molecule has 5 nitrogen and oxygen atoms in total. The summed E-state index contributed by atoms with van der Waals surface area (Å²) in [5.74, 6) is 0.0767. The summed E-state index contributed by atoms with van der Waals surface area (Å²) in [5.41, 5.74) is 0. The average Bonchev–Trinajstić information content (AvgIpc) is 2.30. The Bertz CT molecular complexity index is 348. The van der Waals surface area contributed by atoms with Crippen molar-refractivity contribution >= 4 is 11.8 Å². The van der Waals surface area contributed by atoms with Gasteiger partial charge in [0.25, 0.3) is 0 Å². The molecule has 1 rings (SSSR count). The van der Waals surface area contributed by atoms with Crippen LogP contribution in [0.5, 0.6) is 0 Å². The highest BCUT2D eigenvalue weighted by Crippen LogP contribution is 2.17. The molecule has 0 saturated carbocycles. The lowest BCUT2D eigenvalue weighted by molar-refractivity contribution is 0.269. The zero-order chi connectivity index (χ0) is 12.1. The van der Waals surface area contributed by atoms with Crippen molar-refractivity contribution in [3.05, 3.63) is 12.0 Å². The van der Waals surface area contributed by atoms with Crippen LogP contribution in [0.15, 0.2) is 6.20 Å². The Hall–Kier alpha value is -1.43. The van der Waals surface area contributed by atoms with Gasteiger partial charge in [-0.1, -0.05) is 0 Å². The quantitative estimate of drug-likeness (QED) is 0.783. The lowest BCUT2D eigenvalue weighted by Crippen LogP contribution is -2.33. The number of hydrogen-bond donors (Lipinski definition) is 2. The third-order valence-corrected chi connectivity index (χ3v) is 2.32. The van der Waals surface area contributed by atoms with Gasteiger partial charge in [0.15, 0.2) is 11.6 Å². The molecule has 0 spiro atoms. The normalized spacial score (nSPS) is 12.3. The van der Waals surface area contributed by atoms with E-state index in [0.717, 1.165) is 6.20 Å². The number of nitrogens with zero attached hydrogens (tertiary/aromatic N) is 3. The summed E-state index contributed by atoms with van der Waals surface area (Å²) in [7, 11) is 1.68. The molecule has 0 aliphatic carbocycles. The third-order valence-electron chi connectivity index (χ3n) is 2.32. The van der Waals surface area contributed by atoms with E-state index in [-0.39, 0.29) is 18.5 Å². The molecular weight excluding hydrogens is 211 g/mol. The standard InChI is InChI=1S/C10H17FN4O/c1-4-12-10-13-5-8(11)9(14-10)15(3)7(2)6-16/h5,7,16H,4,6H2,1-3H3,(H,12,13,14). The van der Waals surface area contributed by atoms with Crippen LogP contribution in [-0.2, 0) is 0 Å². The molecule has 0 fully saturated rings. The highest BCUT2D eigenvalue weighted by Gasteiger charge is 2.15. The predicted octanol–water partition coefficient (Wildman–Crippen LogP) is 0.864. The maximum Gasteiger partial charge on any atom is 0.224 e. The first-order chi connectivity index (χ1) is 7.60. The summed E-state index contributed by atoms with van der Waals surface area (Å²) in [4.78, 5) is 9.44. The van der Waals surface area contributed by atoms with E-state index in [1.54, 1.807) is 18.9 Å². The molecule has 0 bridgehead atoms. The van der Waals surface area contributed by atoms with Gasteiger partial charge in [0.1, 0.15) is 0 Å². The van der Waals surface area contributed by atoms with E-state index in [1.165, 1.54) is 0 Å². The third kappa shape index (κ3) is 2.79. The zero-order valence-corrected chi connectivity index (χ0v) is 9.74. The molecule has 1 atom stereocenters. The van der Waals surface area contributed by atoms with Crippen molar-refractivity contribution in [3.8, 4) is 0 Å². The van der Waals surface area contributed by atoms with Crippen molar-refractivity contribution in [3.63, 3.8) is 0 Å². The van der Waals surface area contributed by atoms with Crippen LogP contribution >= 0.6 is 0 Å². The fourth-order valence-corrected chi connectivity index (χ4v) is 1.18. The molecule has 0 aliphatic rings. The van der Waals surface area contributed by atoms with Crippen molar-refractivity contribution in [2.75, 3.05) is 30.4 Å². The molecule has 2 N–H and O–H groups in total. The Morgan fingerprint density at radius 1 is 1.62 bits per heavy atom. The number of aromatic nitrogens is 2. The second kappa shape index (κ2) is 5.60. The monoisotopic (exact) mass is 228 g/mol. The molecule has 90 valence electrons. The van der Waals surface area contributed by atoms with Gasteiger partial charge in [-0.25, -0.2) is 9.37 Å². The smallest absolute Gasteiger partial charge is 0.224 e. The molecule has 6 heteroatoms. The van der Waals surface area contributed by atoms with Gasteiger partial charge >= 0.3 is 0 Å². The first-order valence-electron chi connectivity index (χ1n) is 5.20. The molecule has 16 heavy (non-hydrogen) atoms. The average molecular weight is 228 g/mol. The second-order valence-electron chi connectivity index (χ2n) is 3.54. The maximum atomic E-state index is 13.5. The minimum Gasteiger partial charge on any atom is -0.394 e. The lowest BCUT2D eigenvalue weighted by atomic mass is 10.3. The summed E-state index contributed by atoms with van der Waals surface area (Å²) >= 11 is 0. The number of aliphatic hydroxyl groups excluding tert-OH is 1. The van der Waals surface area contributed by atoms with Gasteiger partial charge < -0.3 is 15.3 Å². The lowest BCUT2D eigenvalue weighted by Gasteiger charge is -2.24. The van der Waals surface area contributed by atoms with Crippen LogP contribution in [0.3, 0.4) is 0 Å². The van der Waals surface area contributed by atoms with Crippen LogP contribution in [0.25, 0.3) is 0 Å². The van der Waals surface area contributed by atoms with Crippen LogP contribution in [0.4, 0.5) is 16.2 Å². The predicted molar refractivity (Wildman–Crippen MR) is 61.1 cm³/mol. The van der Waals surface area contributed by atoms with Crippen molar-refractivity contribution in [1.82, 2.24) is 9.97 Å². The number of halogens is 1. The first kappa shape index (κ1) is 12.6. The molecule has 1 unspecified atom stereocenters. The zero-order valence-electron chi connectivity index (χ0n) is 9.74. The number of likely N-dealkylation sites (N-methyl/N-ethyl adjacent to an activating group) is 1. The SMILES string of the molecule is CCNc1ncc(F)c(N(C)C(C)CO)n1. The van der Waals surface area contributed by atoms with Crippen molar-refractivity contribution < 1.29 is 9.50 Å². The van der Waals surface area contributed by atoms with Crippen LogP contribution < -0.4 is 10.2 Å². The van der Waals surface area contributed by atoms with E-state index < -0.39 is 5.82 Å². The Morgan fingerprint density at radius 2 is 2.31 bits per heavy atom. The molecule has 0 radical (unpaired) electrons. The van der Waals surface area contributed by atoms with Gasteiger partial charge in [0.05, 0.1) is 18.8 Å². The fraction of sp³-hybridized carbons (Fsp3) is 0.600. The molecule has 1 heterocycles. The summed E-state index contributed by atoms with van der Waals surface area (Å²) in [6.45, 7) is 4.31. The Kier molecular flexibility index (Phi) is 4.42. The van der Waals surface area contributed by atoms with Crippen LogP contribution in [0, 0.1) is 5.82 Å². The highest BCUT2D eigenvalue weighted by molar-refractivity contribution is 5.43. The molecule has 0 aromatic carbocycles. The maximum absolute atomic E-state index is 13.5. The summed E-state index contributed by atoms with van der Waals surface area (Å²) < 4.78 is 13.5. The topological polar surface area (TPSA) is 61.3 Å². The molecule has 0 saturated heterocycles. The van der Waals surface area contributed by atoms with Gasteiger partial charge in [-0.15, -0.1) is 0 Å². The van der Waals surface area contributed by atoms with Gasteiger partial charge in [0.2, 0.25) is 5.95 Å². The molecular formula is C10H17FN4O. The van der Waals surface area contributed by atoms with Crippen LogP contribution in [0.2, 0.25) is 0 Å². The summed E-state index contributed by atoms with van der Waals surface area (Å²) in [6.07, 6.45) is 1.13. The van der Waals surface area contributed by atoms with Crippen molar-refractivity contribution in [2.24, 2.45) is 0 Å².